The number of aromatic nitrogens is 4. The van der Waals surface area contributed by atoms with E-state index >= 15 is 0 Å². The number of nitrogens with zero attached hydrogens (tertiary/aromatic N) is 4. The zero-order valence-corrected chi connectivity index (χ0v) is 14.9. The standard InChI is InChI=1S/C17H17FN6O3/c1-4-24-11-6-5-9(18)7-10(11)15(25)14(22-24)17(27)20-12-8(2)23(3)21-13(12)16(19)26/h5-7H,4H2,1-3H3,(H2,19,26)(H,20,27). The summed E-state index contributed by atoms with van der Waals surface area (Å²) in [6.07, 6.45) is 0. The van der Waals surface area contributed by atoms with E-state index in [2.05, 4.69) is 15.5 Å². The van der Waals surface area contributed by atoms with Gasteiger partial charge in [0.1, 0.15) is 5.82 Å². The summed E-state index contributed by atoms with van der Waals surface area (Å²) in [5.74, 6) is -2.26. The van der Waals surface area contributed by atoms with Gasteiger partial charge in [-0.2, -0.15) is 10.2 Å². The van der Waals surface area contributed by atoms with Crippen molar-refractivity contribution in [2.45, 2.75) is 20.4 Å². The number of nitrogens with two attached hydrogens (primary N) is 1. The van der Waals surface area contributed by atoms with Crippen molar-refractivity contribution < 1.29 is 14.0 Å². The molecule has 1 aromatic carbocycles. The number of amides is 2. The smallest absolute Gasteiger partial charge is 0.280 e. The van der Waals surface area contributed by atoms with Crippen LogP contribution in [0.1, 0.15) is 33.6 Å². The summed E-state index contributed by atoms with van der Waals surface area (Å²) in [6, 6.07) is 3.71. The molecule has 0 aliphatic carbocycles. The number of halogens is 1. The molecule has 0 fully saturated rings. The molecule has 27 heavy (non-hydrogen) atoms. The van der Waals surface area contributed by atoms with Gasteiger partial charge in [-0.25, -0.2) is 4.39 Å². The largest absolute Gasteiger partial charge is 0.364 e. The normalized spacial score (nSPS) is 11.0. The minimum absolute atomic E-state index is 0.0371. The van der Waals surface area contributed by atoms with E-state index in [1.807, 2.05) is 0 Å². The van der Waals surface area contributed by atoms with E-state index in [-0.39, 0.29) is 16.8 Å². The van der Waals surface area contributed by atoms with Crippen LogP contribution in [-0.2, 0) is 13.6 Å². The molecular formula is C17H17FN6O3. The Morgan fingerprint density at radius 2 is 1.96 bits per heavy atom. The van der Waals surface area contributed by atoms with Crippen LogP contribution in [-0.4, -0.2) is 31.4 Å². The maximum atomic E-state index is 13.6. The predicted molar refractivity (Wildman–Crippen MR) is 96.1 cm³/mol. The van der Waals surface area contributed by atoms with Gasteiger partial charge in [-0.1, -0.05) is 0 Å². The highest BCUT2D eigenvalue weighted by atomic mass is 19.1. The molecule has 0 saturated heterocycles. The molecule has 9 nitrogen and oxygen atoms in total. The molecule has 0 aliphatic heterocycles. The first-order valence-corrected chi connectivity index (χ1v) is 8.09. The minimum atomic E-state index is -0.841. The average Bonchev–Trinajstić information content (AvgIpc) is 2.91. The second kappa shape index (κ2) is 6.63. The van der Waals surface area contributed by atoms with Gasteiger partial charge in [0.25, 0.3) is 11.8 Å². The molecule has 0 saturated carbocycles. The van der Waals surface area contributed by atoms with Crippen LogP contribution in [0.25, 0.3) is 10.9 Å². The van der Waals surface area contributed by atoms with Crippen LogP contribution >= 0.6 is 0 Å². The molecule has 0 bridgehead atoms. The van der Waals surface area contributed by atoms with Gasteiger partial charge in [-0.05, 0) is 32.0 Å². The van der Waals surface area contributed by atoms with E-state index in [0.717, 1.165) is 6.07 Å². The highest BCUT2D eigenvalue weighted by Gasteiger charge is 2.23. The second-order valence-corrected chi connectivity index (χ2v) is 5.91. The van der Waals surface area contributed by atoms with Crippen molar-refractivity contribution in [3.05, 3.63) is 51.3 Å². The number of rotatable bonds is 4. The molecule has 2 amide bonds. The SMILES string of the molecule is CCn1nc(C(=O)Nc2c(C(N)=O)nn(C)c2C)c(=O)c2cc(F)ccc21. The van der Waals surface area contributed by atoms with Gasteiger partial charge >= 0.3 is 0 Å². The molecule has 2 heterocycles. The van der Waals surface area contributed by atoms with E-state index < -0.39 is 28.8 Å². The van der Waals surface area contributed by atoms with E-state index in [1.165, 1.54) is 21.5 Å². The lowest BCUT2D eigenvalue weighted by atomic mass is 10.2. The molecular weight excluding hydrogens is 355 g/mol. The summed E-state index contributed by atoms with van der Waals surface area (Å²) in [7, 11) is 1.58. The summed E-state index contributed by atoms with van der Waals surface area (Å²) in [5.41, 5.74) is 5.00. The third-order valence-electron chi connectivity index (χ3n) is 4.24. The van der Waals surface area contributed by atoms with Crippen LogP contribution in [0, 0.1) is 12.7 Å². The molecule has 10 heteroatoms. The Hall–Kier alpha value is -3.56. The van der Waals surface area contributed by atoms with Gasteiger partial charge in [0, 0.05) is 13.6 Å². The maximum absolute atomic E-state index is 13.6. The highest BCUT2D eigenvalue weighted by Crippen LogP contribution is 2.20. The number of fused-ring (bicyclic) bond motifs is 1. The fourth-order valence-corrected chi connectivity index (χ4v) is 2.76. The number of carbonyl (C=O) groups excluding carboxylic acids is 2. The van der Waals surface area contributed by atoms with Crippen LogP contribution in [0.2, 0.25) is 0 Å². The maximum Gasteiger partial charge on any atom is 0.280 e. The topological polar surface area (TPSA) is 125 Å². The third-order valence-corrected chi connectivity index (χ3v) is 4.24. The lowest BCUT2D eigenvalue weighted by Crippen LogP contribution is -2.28. The van der Waals surface area contributed by atoms with Crippen molar-refractivity contribution in [3.8, 4) is 0 Å². The zero-order chi connectivity index (χ0) is 19.9. The van der Waals surface area contributed by atoms with Gasteiger partial charge in [-0.3, -0.25) is 23.7 Å². The van der Waals surface area contributed by atoms with Crippen LogP contribution in [0.15, 0.2) is 23.0 Å². The Labute approximate surface area is 152 Å². The highest BCUT2D eigenvalue weighted by molar-refractivity contribution is 6.08. The number of nitrogens with one attached hydrogen (secondary N) is 1. The van der Waals surface area contributed by atoms with E-state index in [1.54, 1.807) is 20.9 Å². The molecule has 0 atom stereocenters. The fourth-order valence-electron chi connectivity index (χ4n) is 2.76. The Morgan fingerprint density at radius 3 is 2.59 bits per heavy atom. The van der Waals surface area contributed by atoms with Gasteiger partial charge in [0.2, 0.25) is 5.43 Å². The number of hydrogen-bond acceptors (Lipinski definition) is 5. The molecule has 3 N–H and O–H groups in total. The minimum Gasteiger partial charge on any atom is -0.364 e. The molecule has 140 valence electrons. The number of primary amides is 1. The number of hydrogen-bond donors (Lipinski definition) is 2. The fraction of sp³-hybridized carbons (Fsp3) is 0.235. The van der Waals surface area contributed by atoms with E-state index in [0.29, 0.717) is 17.8 Å². The van der Waals surface area contributed by atoms with Gasteiger partial charge in [0.15, 0.2) is 11.4 Å². The molecule has 3 rings (SSSR count). The zero-order valence-electron chi connectivity index (χ0n) is 14.9. The number of carbonyl (C=O) groups is 2. The van der Waals surface area contributed by atoms with Crippen molar-refractivity contribution in [3.63, 3.8) is 0 Å². The average molecular weight is 372 g/mol. The van der Waals surface area contributed by atoms with Crippen molar-refractivity contribution >= 4 is 28.4 Å². The Kier molecular flexibility index (Phi) is 4.48. The first-order valence-electron chi connectivity index (χ1n) is 8.09. The first kappa shape index (κ1) is 18.2. The van der Waals surface area contributed by atoms with E-state index in [9.17, 15) is 18.8 Å². The molecule has 0 unspecified atom stereocenters. The van der Waals surface area contributed by atoms with Crippen molar-refractivity contribution in [2.24, 2.45) is 12.8 Å². The number of aryl methyl sites for hydroxylation is 2. The number of anilines is 1. The Morgan fingerprint density at radius 1 is 1.26 bits per heavy atom. The summed E-state index contributed by atoms with van der Waals surface area (Å²) in [5, 5.41) is 10.5. The Balaban J connectivity index is 2.14. The summed E-state index contributed by atoms with van der Waals surface area (Å²) < 4.78 is 16.4. The van der Waals surface area contributed by atoms with E-state index in [4.69, 9.17) is 5.73 Å². The van der Waals surface area contributed by atoms with Crippen LogP contribution < -0.4 is 16.5 Å². The Bertz CT molecular complexity index is 1150. The van der Waals surface area contributed by atoms with Crippen molar-refractivity contribution in [2.75, 3.05) is 5.32 Å². The molecule has 2 aromatic heterocycles. The monoisotopic (exact) mass is 372 g/mol. The third kappa shape index (κ3) is 3.05. The second-order valence-electron chi connectivity index (χ2n) is 5.91. The molecule has 0 spiro atoms. The predicted octanol–water partition coefficient (Wildman–Crippen LogP) is 0.949. The summed E-state index contributed by atoms with van der Waals surface area (Å²) >= 11 is 0. The van der Waals surface area contributed by atoms with Crippen LogP contribution in [0.3, 0.4) is 0 Å². The van der Waals surface area contributed by atoms with Crippen molar-refractivity contribution in [1.29, 1.82) is 0 Å². The summed E-state index contributed by atoms with van der Waals surface area (Å²) in [6.45, 7) is 3.77. The first-order chi connectivity index (χ1) is 12.7. The number of benzene rings is 1. The lowest BCUT2D eigenvalue weighted by Gasteiger charge is -2.11. The van der Waals surface area contributed by atoms with Crippen LogP contribution in [0.4, 0.5) is 10.1 Å². The van der Waals surface area contributed by atoms with Gasteiger partial charge in [-0.15, -0.1) is 0 Å². The van der Waals surface area contributed by atoms with Crippen LogP contribution in [0.5, 0.6) is 0 Å². The molecule has 0 radical (unpaired) electrons. The van der Waals surface area contributed by atoms with Crippen molar-refractivity contribution in [1.82, 2.24) is 19.6 Å². The molecule has 0 aliphatic rings. The van der Waals surface area contributed by atoms with Gasteiger partial charge in [0.05, 0.1) is 22.3 Å². The summed E-state index contributed by atoms with van der Waals surface area (Å²) in [4.78, 5) is 36.9. The lowest BCUT2D eigenvalue weighted by molar-refractivity contribution is 0.0995. The molecule has 3 aromatic rings. The quantitative estimate of drug-likeness (QED) is 0.705. The van der Waals surface area contributed by atoms with Gasteiger partial charge < -0.3 is 11.1 Å².